The van der Waals surface area contributed by atoms with Crippen LogP contribution in [-0.4, -0.2) is 55.2 Å². The predicted molar refractivity (Wildman–Crippen MR) is 75.9 cm³/mol. The average Bonchev–Trinajstić information content (AvgIpc) is 2.39. The zero-order valence-corrected chi connectivity index (χ0v) is 11.3. The molecule has 0 atom stereocenters. The number of anilines is 1. The van der Waals surface area contributed by atoms with Gasteiger partial charge in [-0.2, -0.15) is 0 Å². The van der Waals surface area contributed by atoms with Crippen molar-refractivity contribution in [3.05, 3.63) is 29.3 Å². The van der Waals surface area contributed by atoms with Crippen molar-refractivity contribution in [3.63, 3.8) is 0 Å². The van der Waals surface area contributed by atoms with Crippen molar-refractivity contribution < 1.29 is 9.90 Å². The Morgan fingerprint density at radius 3 is 2.84 bits per heavy atom. The first-order valence-electron chi connectivity index (χ1n) is 6.68. The summed E-state index contributed by atoms with van der Waals surface area (Å²) >= 11 is 0. The third kappa shape index (κ3) is 3.94. The average molecular weight is 263 g/mol. The van der Waals surface area contributed by atoms with E-state index in [-0.39, 0.29) is 0 Å². The van der Waals surface area contributed by atoms with Crippen LogP contribution in [0, 0.1) is 6.92 Å². The number of hydrogen-bond donors (Lipinski definition) is 3. The monoisotopic (exact) mass is 263 g/mol. The van der Waals surface area contributed by atoms with E-state index in [1.54, 1.807) is 6.07 Å². The Hall–Kier alpha value is -1.59. The van der Waals surface area contributed by atoms with E-state index in [9.17, 15) is 4.79 Å². The van der Waals surface area contributed by atoms with Crippen LogP contribution < -0.4 is 10.6 Å². The molecule has 1 fully saturated rings. The second kappa shape index (κ2) is 6.54. The van der Waals surface area contributed by atoms with Crippen molar-refractivity contribution in [2.24, 2.45) is 0 Å². The van der Waals surface area contributed by atoms with Gasteiger partial charge in [-0.15, -0.1) is 0 Å². The molecule has 0 spiro atoms. The van der Waals surface area contributed by atoms with Gasteiger partial charge in [-0.25, -0.2) is 4.79 Å². The lowest BCUT2D eigenvalue weighted by Crippen LogP contribution is -2.45. The molecule has 1 saturated heterocycles. The maximum atomic E-state index is 11.1. The molecule has 0 amide bonds. The summed E-state index contributed by atoms with van der Waals surface area (Å²) in [6.07, 6.45) is 0. The van der Waals surface area contributed by atoms with E-state index in [0.29, 0.717) is 11.3 Å². The number of carboxylic acid groups (broad SMARTS) is 1. The standard InChI is InChI=1S/C14H21N3O2/c1-11-2-3-12(14(18)19)13(10-11)16-6-9-17-7-4-15-5-8-17/h2-3,10,15-16H,4-9H2,1H3,(H,18,19). The topological polar surface area (TPSA) is 64.6 Å². The minimum atomic E-state index is -0.885. The van der Waals surface area contributed by atoms with Crippen LogP contribution in [0.15, 0.2) is 18.2 Å². The highest BCUT2D eigenvalue weighted by Crippen LogP contribution is 2.17. The SMILES string of the molecule is Cc1ccc(C(=O)O)c(NCCN2CCNCC2)c1. The molecule has 0 bridgehead atoms. The highest BCUT2D eigenvalue weighted by atomic mass is 16.4. The van der Waals surface area contributed by atoms with Crippen LogP contribution in [0.25, 0.3) is 0 Å². The van der Waals surface area contributed by atoms with Gasteiger partial charge in [0.15, 0.2) is 0 Å². The quantitative estimate of drug-likeness (QED) is 0.740. The first-order chi connectivity index (χ1) is 9.16. The Balaban J connectivity index is 1.91. The van der Waals surface area contributed by atoms with Crippen LogP contribution in [0.3, 0.4) is 0 Å². The minimum Gasteiger partial charge on any atom is -0.478 e. The molecule has 1 aliphatic heterocycles. The number of aryl methyl sites for hydroxylation is 1. The van der Waals surface area contributed by atoms with Crippen molar-refractivity contribution in [2.45, 2.75) is 6.92 Å². The van der Waals surface area contributed by atoms with Crippen molar-refractivity contribution in [1.29, 1.82) is 0 Å². The Bertz CT molecular complexity index is 442. The van der Waals surface area contributed by atoms with Crippen LogP contribution >= 0.6 is 0 Å². The fourth-order valence-electron chi connectivity index (χ4n) is 2.27. The Morgan fingerprint density at radius 2 is 2.16 bits per heavy atom. The van der Waals surface area contributed by atoms with E-state index in [0.717, 1.165) is 44.8 Å². The summed E-state index contributed by atoms with van der Waals surface area (Å²) in [6, 6.07) is 5.37. The highest BCUT2D eigenvalue weighted by Gasteiger charge is 2.11. The molecule has 0 aliphatic carbocycles. The maximum Gasteiger partial charge on any atom is 0.337 e. The van der Waals surface area contributed by atoms with Crippen molar-refractivity contribution >= 4 is 11.7 Å². The number of carboxylic acids is 1. The fraction of sp³-hybridized carbons (Fsp3) is 0.500. The number of aromatic carboxylic acids is 1. The van der Waals surface area contributed by atoms with Crippen LogP contribution in [-0.2, 0) is 0 Å². The lowest BCUT2D eigenvalue weighted by molar-refractivity contribution is 0.0698. The van der Waals surface area contributed by atoms with Gasteiger partial charge in [0.1, 0.15) is 0 Å². The second-order valence-corrected chi connectivity index (χ2v) is 4.87. The van der Waals surface area contributed by atoms with Crippen LogP contribution in [0.1, 0.15) is 15.9 Å². The molecule has 1 aromatic carbocycles. The van der Waals surface area contributed by atoms with Gasteiger partial charge >= 0.3 is 5.97 Å². The van der Waals surface area contributed by atoms with Crippen molar-refractivity contribution in [1.82, 2.24) is 10.2 Å². The molecule has 1 heterocycles. The van der Waals surface area contributed by atoms with Gasteiger partial charge in [0, 0.05) is 45.0 Å². The predicted octanol–water partition coefficient (Wildman–Crippen LogP) is 1.01. The zero-order valence-electron chi connectivity index (χ0n) is 11.3. The highest BCUT2D eigenvalue weighted by molar-refractivity contribution is 5.94. The molecule has 5 heteroatoms. The largest absolute Gasteiger partial charge is 0.478 e. The van der Waals surface area contributed by atoms with Gasteiger partial charge in [-0.05, 0) is 24.6 Å². The van der Waals surface area contributed by atoms with E-state index >= 15 is 0 Å². The van der Waals surface area contributed by atoms with E-state index in [1.165, 1.54) is 0 Å². The Kier molecular flexibility index (Phi) is 4.76. The molecular formula is C14H21N3O2. The van der Waals surface area contributed by atoms with Crippen LogP contribution in [0.4, 0.5) is 5.69 Å². The molecule has 104 valence electrons. The summed E-state index contributed by atoms with van der Waals surface area (Å²) in [4.78, 5) is 13.5. The lowest BCUT2D eigenvalue weighted by atomic mass is 10.1. The van der Waals surface area contributed by atoms with Gasteiger partial charge in [0.05, 0.1) is 5.56 Å². The number of benzene rings is 1. The van der Waals surface area contributed by atoms with Crippen molar-refractivity contribution in [2.75, 3.05) is 44.6 Å². The molecule has 1 aromatic rings. The maximum absolute atomic E-state index is 11.1. The number of nitrogens with zero attached hydrogens (tertiary/aromatic N) is 1. The summed E-state index contributed by atoms with van der Waals surface area (Å²) in [5, 5.41) is 15.7. The molecular weight excluding hydrogens is 242 g/mol. The summed E-state index contributed by atoms with van der Waals surface area (Å²) in [6.45, 7) is 7.85. The molecule has 0 aromatic heterocycles. The normalized spacial score (nSPS) is 16.3. The summed E-state index contributed by atoms with van der Waals surface area (Å²) < 4.78 is 0. The summed E-state index contributed by atoms with van der Waals surface area (Å²) in [5.41, 5.74) is 2.11. The van der Waals surface area contributed by atoms with Crippen molar-refractivity contribution in [3.8, 4) is 0 Å². The van der Waals surface area contributed by atoms with E-state index in [4.69, 9.17) is 5.11 Å². The van der Waals surface area contributed by atoms with Gasteiger partial charge in [-0.3, -0.25) is 4.90 Å². The molecule has 3 N–H and O–H groups in total. The number of hydrogen-bond acceptors (Lipinski definition) is 4. The van der Waals surface area contributed by atoms with Crippen LogP contribution in [0.5, 0.6) is 0 Å². The van der Waals surface area contributed by atoms with E-state index in [2.05, 4.69) is 15.5 Å². The number of rotatable bonds is 5. The summed E-state index contributed by atoms with van der Waals surface area (Å²) in [7, 11) is 0. The number of nitrogens with one attached hydrogen (secondary N) is 2. The lowest BCUT2D eigenvalue weighted by Gasteiger charge is -2.27. The van der Waals surface area contributed by atoms with E-state index in [1.807, 2.05) is 19.1 Å². The third-order valence-corrected chi connectivity index (χ3v) is 3.36. The second-order valence-electron chi connectivity index (χ2n) is 4.87. The van der Waals surface area contributed by atoms with Gasteiger partial charge in [0.2, 0.25) is 0 Å². The van der Waals surface area contributed by atoms with Gasteiger partial charge < -0.3 is 15.7 Å². The molecule has 0 saturated carbocycles. The van der Waals surface area contributed by atoms with Gasteiger partial charge in [0.25, 0.3) is 0 Å². The molecule has 0 radical (unpaired) electrons. The third-order valence-electron chi connectivity index (χ3n) is 3.36. The fourth-order valence-corrected chi connectivity index (χ4v) is 2.27. The molecule has 2 rings (SSSR count). The molecule has 5 nitrogen and oxygen atoms in total. The zero-order chi connectivity index (χ0) is 13.7. The van der Waals surface area contributed by atoms with Gasteiger partial charge in [-0.1, -0.05) is 6.07 Å². The first kappa shape index (κ1) is 13.8. The Morgan fingerprint density at radius 1 is 1.42 bits per heavy atom. The Labute approximate surface area is 113 Å². The molecule has 19 heavy (non-hydrogen) atoms. The smallest absolute Gasteiger partial charge is 0.337 e. The molecule has 1 aliphatic rings. The summed E-state index contributed by atoms with van der Waals surface area (Å²) in [5.74, 6) is -0.885. The number of piperazine rings is 1. The first-order valence-corrected chi connectivity index (χ1v) is 6.68. The molecule has 0 unspecified atom stereocenters. The minimum absolute atomic E-state index is 0.339. The number of carbonyl (C=O) groups is 1. The van der Waals surface area contributed by atoms with E-state index < -0.39 is 5.97 Å². The van der Waals surface area contributed by atoms with Crippen LogP contribution in [0.2, 0.25) is 0 Å².